The first-order valence-electron chi connectivity index (χ1n) is 5.86. The van der Waals surface area contributed by atoms with Crippen LogP contribution in [0, 0.1) is 13.8 Å². The fourth-order valence-corrected chi connectivity index (χ4v) is 2.28. The smallest absolute Gasteiger partial charge is 0.137 e. The highest BCUT2D eigenvalue weighted by atomic mass is 35.5. The Morgan fingerprint density at radius 3 is 2.50 bits per heavy atom. The van der Waals surface area contributed by atoms with Crippen LogP contribution in [0.5, 0.6) is 0 Å². The zero-order chi connectivity index (χ0) is 12.7. The summed E-state index contributed by atoms with van der Waals surface area (Å²) in [6.07, 6.45) is 2.06. The molecule has 2 aromatic heterocycles. The summed E-state index contributed by atoms with van der Waals surface area (Å²) in [7, 11) is 0. The molecule has 90 valence electrons. The van der Waals surface area contributed by atoms with Crippen LogP contribution in [0.15, 0.2) is 42.6 Å². The number of nitrogens with zero attached hydrogens (tertiary/aromatic N) is 2. The van der Waals surface area contributed by atoms with Gasteiger partial charge in [0.15, 0.2) is 0 Å². The number of benzene rings is 1. The van der Waals surface area contributed by atoms with Crippen LogP contribution in [0.2, 0.25) is 5.02 Å². The van der Waals surface area contributed by atoms with Crippen molar-refractivity contribution >= 4 is 17.2 Å². The van der Waals surface area contributed by atoms with E-state index in [1.807, 2.05) is 24.3 Å². The van der Waals surface area contributed by atoms with Gasteiger partial charge in [0.1, 0.15) is 5.65 Å². The van der Waals surface area contributed by atoms with Gasteiger partial charge in [-0.25, -0.2) is 4.98 Å². The molecule has 0 amide bonds. The molecule has 3 heteroatoms. The number of halogens is 1. The lowest BCUT2D eigenvalue weighted by Gasteiger charge is -1.99. The lowest BCUT2D eigenvalue weighted by molar-refractivity contribution is 1.10. The SMILES string of the molecule is Cc1ccn2c(C)c(-c3ccc(Cl)cc3)nc2c1. The Bertz CT molecular complexity index is 711. The van der Waals surface area contributed by atoms with E-state index in [0.717, 1.165) is 27.6 Å². The fourth-order valence-electron chi connectivity index (χ4n) is 2.15. The molecule has 0 aliphatic rings. The summed E-state index contributed by atoms with van der Waals surface area (Å²) >= 11 is 5.91. The molecule has 0 fully saturated rings. The van der Waals surface area contributed by atoms with Crippen LogP contribution in [0.25, 0.3) is 16.9 Å². The summed E-state index contributed by atoms with van der Waals surface area (Å²) in [6.45, 7) is 4.16. The number of fused-ring (bicyclic) bond motifs is 1. The van der Waals surface area contributed by atoms with E-state index in [1.54, 1.807) is 0 Å². The van der Waals surface area contributed by atoms with Crippen molar-refractivity contribution in [1.82, 2.24) is 9.38 Å². The van der Waals surface area contributed by atoms with Gasteiger partial charge >= 0.3 is 0 Å². The van der Waals surface area contributed by atoms with E-state index >= 15 is 0 Å². The number of pyridine rings is 1. The predicted octanol–water partition coefficient (Wildman–Crippen LogP) is 4.27. The Hall–Kier alpha value is -1.80. The molecule has 0 unspecified atom stereocenters. The molecule has 0 bridgehead atoms. The molecular formula is C15H13ClN2. The van der Waals surface area contributed by atoms with Gasteiger partial charge in [-0.15, -0.1) is 0 Å². The van der Waals surface area contributed by atoms with Gasteiger partial charge in [-0.2, -0.15) is 0 Å². The molecule has 0 N–H and O–H groups in total. The first-order valence-corrected chi connectivity index (χ1v) is 6.24. The molecule has 0 spiro atoms. The number of aromatic nitrogens is 2. The standard InChI is InChI=1S/C15H13ClN2/c1-10-7-8-18-11(2)15(17-14(18)9-10)12-3-5-13(16)6-4-12/h3-9H,1-2H3. The molecule has 0 saturated carbocycles. The maximum atomic E-state index is 5.91. The minimum atomic E-state index is 0.746. The summed E-state index contributed by atoms with van der Waals surface area (Å²) in [6, 6.07) is 12.0. The van der Waals surface area contributed by atoms with E-state index in [0.29, 0.717) is 0 Å². The number of aryl methyl sites for hydroxylation is 2. The summed E-state index contributed by atoms with van der Waals surface area (Å²) in [5.74, 6) is 0. The van der Waals surface area contributed by atoms with Crippen LogP contribution in [0.3, 0.4) is 0 Å². The van der Waals surface area contributed by atoms with E-state index < -0.39 is 0 Å². The first kappa shape index (κ1) is 11.3. The molecule has 3 rings (SSSR count). The number of hydrogen-bond acceptors (Lipinski definition) is 1. The van der Waals surface area contributed by atoms with Gasteiger partial charge in [0.25, 0.3) is 0 Å². The molecule has 0 atom stereocenters. The average molecular weight is 257 g/mol. The van der Waals surface area contributed by atoms with Crippen LogP contribution >= 0.6 is 11.6 Å². The van der Waals surface area contributed by atoms with Crippen LogP contribution in [-0.2, 0) is 0 Å². The van der Waals surface area contributed by atoms with E-state index in [-0.39, 0.29) is 0 Å². The Labute approximate surface area is 111 Å². The second-order valence-electron chi connectivity index (χ2n) is 4.49. The van der Waals surface area contributed by atoms with Gasteiger partial charge in [-0.3, -0.25) is 0 Å². The molecule has 18 heavy (non-hydrogen) atoms. The number of imidazole rings is 1. The maximum absolute atomic E-state index is 5.91. The lowest BCUT2D eigenvalue weighted by Crippen LogP contribution is -1.87. The fraction of sp³-hybridized carbons (Fsp3) is 0.133. The molecule has 0 radical (unpaired) electrons. The van der Waals surface area contributed by atoms with E-state index in [1.165, 1.54) is 5.56 Å². The molecule has 2 nitrogen and oxygen atoms in total. The van der Waals surface area contributed by atoms with Crippen molar-refractivity contribution in [2.75, 3.05) is 0 Å². The van der Waals surface area contributed by atoms with Gasteiger partial charge in [0, 0.05) is 22.5 Å². The Kier molecular flexibility index (Phi) is 2.60. The largest absolute Gasteiger partial charge is 0.304 e. The average Bonchev–Trinajstić information content (AvgIpc) is 2.67. The minimum Gasteiger partial charge on any atom is -0.304 e. The highest BCUT2D eigenvalue weighted by Gasteiger charge is 2.09. The molecule has 0 saturated heterocycles. The van der Waals surface area contributed by atoms with Crippen molar-refractivity contribution in [3.8, 4) is 11.3 Å². The van der Waals surface area contributed by atoms with Gasteiger partial charge in [-0.05, 0) is 43.7 Å². The van der Waals surface area contributed by atoms with Gasteiger partial charge in [0.05, 0.1) is 5.69 Å². The molecule has 0 aliphatic carbocycles. The predicted molar refractivity (Wildman–Crippen MR) is 75.1 cm³/mol. The van der Waals surface area contributed by atoms with Crippen LogP contribution in [0.1, 0.15) is 11.3 Å². The Morgan fingerprint density at radius 1 is 1.06 bits per heavy atom. The van der Waals surface area contributed by atoms with Crippen molar-refractivity contribution in [1.29, 1.82) is 0 Å². The summed E-state index contributed by atoms with van der Waals surface area (Å²) in [5, 5.41) is 0.746. The highest BCUT2D eigenvalue weighted by molar-refractivity contribution is 6.30. The van der Waals surface area contributed by atoms with Gasteiger partial charge in [0.2, 0.25) is 0 Å². The quantitative estimate of drug-likeness (QED) is 0.636. The zero-order valence-corrected chi connectivity index (χ0v) is 11.1. The minimum absolute atomic E-state index is 0.746. The maximum Gasteiger partial charge on any atom is 0.137 e. The third-order valence-electron chi connectivity index (χ3n) is 3.14. The van der Waals surface area contributed by atoms with Crippen LogP contribution in [0.4, 0.5) is 0 Å². The molecule has 1 aromatic carbocycles. The van der Waals surface area contributed by atoms with E-state index in [9.17, 15) is 0 Å². The monoisotopic (exact) mass is 256 g/mol. The lowest BCUT2D eigenvalue weighted by atomic mass is 10.1. The second-order valence-corrected chi connectivity index (χ2v) is 4.92. The van der Waals surface area contributed by atoms with Gasteiger partial charge in [-0.1, -0.05) is 23.7 Å². The third-order valence-corrected chi connectivity index (χ3v) is 3.39. The normalized spacial score (nSPS) is 11.1. The Balaban J connectivity index is 2.23. The molecule has 2 heterocycles. The van der Waals surface area contributed by atoms with Crippen LogP contribution < -0.4 is 0 Å². The van der Waals surface area contributed by atoms with Gasteiger partial charge < -0.3 is 4.40 Å². The highest BCUT2D eigenvalue weighted by Crippen LogP contribution is 2.25. The van der Waals surface area contributed by atoms with Crippen LogP contribution in [-0.4, -0.2) is 9.38 Å². The van der Waals surface area contributed by atoms with E-state index in [2.05, 4.69) is 36.6 Å². The molecule has 0 aliphatic heterocycles. The summed E-state index contributed by atoms with van der Waals surface area (Å²) in [5.41, 5.74) is 5.45. The summed E-state index contributed by atoms with van der Waals surface area (Å²) in [4.78, 5) is 4.69. The van der Waals surface area contributed by atoms with Crippen molar-refractivity contribution in [3.63, 3.8) is 0 Å². The first-order chi connectivity index (χ1) is 8.65. The zero-order valence-electron chi connectivity index (χ0n) is 10.3. The topological polar surface area (TPSA) is 17.3 Å². The van der Waals surface area contributed by atoms with E-state index in [4.69, 9.17) is 16.6 Å². The molecular weight excluding hydrogens is 244 g/mol. The summed E-state index contributed by atoms with van der Waals surface area (Å²) < 4.78 is 2.11. The molecule has 3 aromatic rings. The van der Waals surface area contributed by atoms with Crippen molar-refractivity contribution < 1.29 is 0 Å². The number of hydrogen-bond donors (Lipinski definition) is 0. The van der Waals surface area contributed by atoms with Crippen molar-refractivity contribution in [2.45, 2.75) is 13.8 Å². The number of rotatable bonds is 1. The Morgan fingerprint density at radius 2 is 1.78 bits per heavy atom. The van der Waals surface area contributed by atoms with Crippen molar-refractivity contribution in [2.24, 2.45) is 0 Å². The second kappa shape index (κ2) is 4.14. The van der Waals surface area contributed by atoms with Crippen molar-refractivity contribution in [3.05, 3.63) is 58.9 Å². The third kappa shape index (κ3) is 1.79.